The number of Topliss-reactive ketones (excluding diaryl/α,β-unsaturated/α-hetero) is 1. The maximum Gasteiger partial charge on any atom is 0.274 e. The Morgan fingerprint density at radius 1 is 0.956 bits per heavy atom. The lowest BCUT2D eigenvalue weighted by molar-refractivity contribution is -0.131. The number of hydrogen-bond donors (Lipinski definition) is 3. The fraction of sp³-hybridized carbons (Fsp3) is 0.606. The molecule has 3 amide bonds. The molecule has 12 nitrogen and oxygen atoms in total. The van der Waals surface area contributed by atoms with E-state index in [9.17, 15) is 19.2 Å². The van der Waals surface area contributed by atoms with E-state index >= 15 is 0 Å². The standard InChI is InChI=1S/C26H41N5O7.C7H8/c1-16(2)10-19(23(33)26(5)15-37-26)28-22(32)13-27-24(34)20(11-17(3)4)29-25(35)21-12-18(38-30-21)14-31-6-8-36-9-7-31;1-7-5-3-2-4-6-7/h12,16-17,19-20H,6-11,13-15H2,1-5H3,(H,27,34)(H,28,32)(H,29,35);2-6H,1H3/t19-,20-,26+;/m0./s1. The topological polar surface area (TPSA) is 155 Å². The summed E-state index contributed by atoms with van der Waals surface area (Å²) in [6.45, 7) is 14.9. The SMILES string of the molecule is CC(C)C[C@H](NC(=O)c1cc(CN2CCOCC2)on1)C(=O)NCC(=O)N[C@@H](CC(C)C)C(=O)[C@@]1(C)CO1.Cc1ccccc1. The zero-order valence-corrected chi connectivity index (χ0v) is 27.4. The largest absolute Gasteiger partial charge is 0.379 e. The van der Waals surface area contributed by atoms with Crippen molar-refractivity contribution in [3.63, 3.8) is 0 Å². The number of ketones is 1. The van der Waals surface area contributed by atoms with Crippen molar-refractivity contribution in [2.45, 2.75) is 78.6 Å². The lowest BCUT2D eigenvalue weighted by atomic mass is 9.93. The number of aromatic nitrogens is 1. The first-order chi connectivity index (χ1) is 21.4. The molecular formula is C33H49N5O7. The summed E-state index contributed by atoms with van der Waals surface area (Å²) in [5, 5.41) is 11.9. The lowest BCUT2D eigenvalue weighted by Crippen LogP contribution is -2.52. The maximum atomic E-state index is 12.9. The highest BCUT2D eigenvalue weighted by Crippen LogP contribution is 2.29. The van der Waals surface area contributed by atoms with Gasteiger partial charge in [-0.3, -0.25) is 24.1 Å². The van der Waals surface area contributed by atoms with E-state index < -0.39 is 35.4 Å². The Kier molecular flexibility index (Phi) is 13.7. The number of ether oxygens (including phenoxy) is 2. The summed E-state index contributed by atoms with van der Waals surface area (Å²) in [7, 11) is 0. The van der Waals surface area contributed by atoms with Gasteiger partial charge in [0, 0.05) is 19.2 Å². The van der Waals surface area contributed by atoms with E-state index in [4.69, 9.17) is 14.0 Å². The normalized spacial score (nSPS) is 19.2. The van der Waals surface area contributed by atoms with Gasteiger partial charge in [0.2, 0.25) is 11.8 Å². The predicted octanol–water partition coefficient (Wildman–Crippen LogP) is 2.65. The molecule has 1 aromatic carbocycles. The van der Waals surface area contributed by atoms with Crippen molar-refractivity contribution in [2.24, 2.45) is 11.8 Å². The van der Waals surface area contributed by atoms with Gasteiger partial charge in [0.25, 0.3) is 5.91 Å². The Morgan fingerprint density at radius 2 is 1.58 bits per heavy atom. The second-order valence-corrected chi connectivity index (χ2v) is 12.7. The van der Waals surface area contributed by atoms with E-state index in [-0.39, 0.29) is 29.9 Å². The van der Waals surface area contributed by atoms with Crippen LogP contribution in [-0.2, 0) is 30.4 Å². The molecule has 2 fully saturated rings. The van der Waals surface area contributed by atoms with Gasteiger partial charge in [-0.1, -0.05) is 68.7 Å². The monoisotopic (exact) mass is 627 g/mol. The van der Waals surface area contributed by atoms with Gasteiger partial charge in [-0.25, -0.2) is 0 Å². The fourth-order valence-electron chi connectivity index (χ4n) is 4.80. The number of epoxide rings is 1. The molecule has 0 bridgehead atoms. The van der Waals surface area contributed by atoms with Crippen LogP contribution >= 0.6 is 0 Å². The van der Waals surface area contributed by atoms with Crippen LogP contribution in [-0.4, -0.2) is 90.7 Å². The molecule has 3 N–H and O–H groups in total. The van der Waals surface area contributed by atoms with Gasteiger partial charge in [-0.2, -0.15) is 0 Å². The highest BCUT2D eigenvalue weighted by atomic mass is 16.6. The molecule has 0 unspecified atom stereocenters. The third kappa shape index (κ3) is 12.4. The number of hydrogen-bond acceptors (Lipinski definition) is 9. The average molecular weight is 628 g/mol. The number of nitrogens with zero attached hydrogens (tertiary/aromatic N) is 2. The van der Waals surface area contributed by atoms with E-state index in [1.54, 1.807) is 13.0 Å². The van der Waals surface area contributed by atoms with Crippen molar-refractivity contribution in [2.75, 3.05) is 39.5 Å². The Labute approximate surface area is 265 Å². The molecule has 2 aliphatic heterocycles. The highest BCUT2D eigenvalue weighted by Gasteiger charge is 2.50. The number of rotatable bonds is 14. The van der Waals surface area contributed by atoms with Crippen molar-refractivity contribution in [1.82, 2.24) is 26.0 Å². The Balaban J connectivity index is 0.000000693. The Hall–Kier alpha value is -3.61. The zero-order chi connectivity index (χ0) is 33.0. The molecule has 4 rings (SSSR count). The van der Waals surface area contributed by atoms with E-state index in [0.717, 1.165) is 13.1 Å². The van der Waals surface area contributed by atoms with Crippen molar-refractivity contribution in [3.8, 4) is 0 Å². The molecule has 2 aliphatic rings. The molecule has 3 heterocycles. The first-order valence-electron chi connectivity index (χ1n) is 15.7. The number of nitrogens with one attached hydrogen (secondary N) is 3. The smallest absolute Gasteiger partial charge is 0.274 e. The number of carbonyl (C=O) groups is 4. The summed E-state index contributed by atoms with van der Waals surface area (Å²) < 4.78 is 15.9. The number of carbonyl (C=O) groups excluding carboxylic acids is 4. The van der Waals surface area contributed by atoms with Gasteiger partial charge in [0.05, 0.1) is 39.0 Å². The number of morpholine rings is 1. The summed E-state index contributed by atoms with van der Waals surface area (Å²) in [6, 6.07) is 10.3. The second kappa shape index (κ2) is 17.2. The van der Waals surface area contributed by atoms with Gasteiger partial charge < -0.3 is 29.9 Å². The highest BCUT2D eigenvalue weighted by molar-refractivity contribution is 5.98. The van der Waals surface area contributed by atoms with E-state index in [1.165, 1.54) is 5.56 Å². The Bertz CT molecular complexity index is 1250. The number of aryl methyl sites for hydroxylation is 1. The lowest BCUT2D eigenvalue weighted by Gasteiger charge is -2.25. The van der Waals surface area contributed by atoms with Crippen LogP contribution in [0.1, 0.15) is 69.3 Å². The first kappa shape index (κ1) is 35.9. The molecule has 248 valence electrons. The van der Waals surface area contributed by atoms with Gasteiger partial charge in [0.1, 0.15) is 11.6 Å². The van der Waals surface area contributed by atoms with Crippen LogP contribution in [0.15, 0.2) is 40.9 Å². The second-order valence-electron chi connectivity index (χ2n) is 12.7. The van der Waals surface area contributed by atoms with Crippen LogP contribution in [0.3, 0.4) is 0 Å². The van der Waals surface area contributed by atoms with Crippen LogP contribution in [0.4, 0.5) is 0 Å². The summed E-state index contributed by atoms with van der Waals surface area (Å²) in [4.78, 5) is 53.2. The molecule has 3 atom stereocenters. The summed E-state index contributed by atoms with van der Waals surface area (Å²) >= 11 is 0. The quantitative estimate of drug-likeness (QED) is 0.268. The van der Waals surface area contributed by atoms with Gasteiger partial charge in [-0.05, 0) is 38.5 Å². The fourth-order valence-corrected chi connectivity index (χ4v) is 4.80. The Morgan fingerprint density at radius 3 is 2.13 bits per heavy atom. The van der Waals surface area contributed by atoms with E-state index in [2.05, 4.69) is 45.1 Å². The maximum absolute atomic E-state index is 12.9. The molecule has 0 radical (unpaired) electrons. The van der Waals surface area contributed by atoms with Crippen molar-refractivity contribution in [1.29, 1.82) is 0 Å². The molecule has 0 spiro atoms. The minimum atomic E-state index is -0.874. The average Bonchev–Trinajstić information content (AvgIpc) is 3.58. The van der Waals surface area contributed by atoms with Crippen molar-refractivity contribution >= 4 is 23.5 Å². The minimum absolute atomic E-state index is 0.0818. The number of benzene rings is 1. The third-order valence-corrected chi connectivity index (χ3v) is 7.42. The van der Waals surface area contributed by atoms with Crippen LogP contribution in [0.5, 0.6) is 0 Å². The molecule has 12 heteroatoms. The van der Waals surface area contributed by atoms with Crippen LogP contribution in [0, 0.1) is 18.8 Å². The molecule has 0 aliphatic carbocycles. The molecule has 2 aromatic rings. The molecule has 45 heavy (non-hydrogen) atoms. The van der Waals surface area contributed by atoms with Crippen LogP contribution in [0.25, 0.3) is 0 Å². The third-order valence-electron chi connectivity index (χ3n) is 7.42. The summed E-state index contributed by atoms with van der Waals surface area (Å²) in [5.41, 5.74) is 0.548. The summed E-state index contributed by atoms with van der Waals surface area (Å²) in [6.07, 6.45) is 0.830. The zero-order valence-electron chi connectivity index (χ0n) is 27.4. The molecule has 0 saturated carbocycles. The molecular weight excluding hydrogens is 578 g/mol. The van der Waals surface area contributed by atoms with Gasteiger partial charge in [0.15, 0.2) is 17.2 Å². The molecule has 1 aromatic heterocycles. The predicted molar refractivity (Wildman–Crippen MR) is 168 cm³/mol. The summed E-state index contributed by atoms with van der Waals surface area (Å²) in [5.74, 6) is -0.860. The van der Waals surface area contributed by atoms with Gasteiger partial charge in [-0.15, -0.1) is 0 Å². The van der Waals surface area contributed by atoms with Gasteiger partial charge >= 0.3 is 0 Å². The van der Waals surface area contributed by atoms with Crippen molar-refractivity contribution in [3.05, 3.63) is 53.4 Å². The first-order valence-corrected chi connectivity index (χ1v) is 15.7. The minimum Gasteiger partial charge on any atom is -0.379 e. The van der Waals surface area contributed by atoms with Crippen LogP contribution in [0.2, 0.25) is 0 Å². The van der Waals surface area contributed by atoms with E-state index in [0.29, 0.717) is 45.0 Å². The number of amides is 3. The molecule has 2 saturated heterocycles. The van der Waals surface area contributed by atoms with Crippen molar-refractivity contribution < 1.29 is 33.2 Å². The van der Waals surface area contributed by atoms with Crippen LogP contribution < -0.4 is 16.0 Å². The van der Waals surface area contributed by atoms with E-state index in [1.807, 2.05) is 45.9 Å².